The number of nitrogens with zero attached hydrogens (tertiary/aromatic N) is 1. The van der Waals surface area contributed by atoms with Crippen LogP contribution in [-0.4, -0.2) is 10.4 Å². The van der Waals surface area contributed by atoms with E-state index in [1.165, 1.54) is 11.6 Å². The monoisotopic (exact) mass is 475 g/mol. The van der Waals surface area contributed by atoms with Gasteiger partial charge in [-0.05, 0) is 55.0 Å². The van der Waals surface area contributed by atoms with Gasteiger partial charge >= 0.3 is 6.18 Å². The zero-order chi connectivity index (χ0) is 24.8. The molecule has 0 bridgehead atoms. The number of aryl methyl sites for hydroxylation is 1. The van der Waals surface area contributed by atoms with Gasteiger partial charge in [-0.15, -0.1) is 0 Å². The predicted octanol–water partition coefficient (Wildman–Crippen LogP) is 7.93. The van der Waals surface area contributed by atoms with Crippen molar-refractivity contribution in [3.8, 4) is 11.3 Å². The van der Waals surface area contributed by atoms with Gasteiger partial charge in [-0.1, -0.05) is 78.9 Å². The molecule has 5 heteroatoms. The minimum Gasteiger partial charge on any atom is -0.344 e. The molecule has 0 aliphatic heterocycles. The van der Waals surface area contributed by atoms with Crippen molar-refractivity contribution in [1.82, 2.24) is 4.57 Å². The number of carbonyl (C=O) groups is 1. The lowest BCUT2D eigenvalue weighted by atomic mass is 10.0. The highest BCUT2D eigenvalue weighted by atomic mass is 19.4. The van der Waals surface area contributed by atoms with Gasteiger partial charge in [0.05, 0.1) is 5.56 Å². The molecule has 0 aliphatic carbocycles. The Morgan fingerprint density at radius 3 is 2.14 bits per heavy atom. The third-order valence-corrected chi connectivity index (χ3v) is 6.30. The molecule has 3 aromatic carbocycles. The van der Waals surface area contributed by atoms with Crippen molar-refractivity contribution in [1.29, 1.82) is 0 Å². The van der Waals surface area contributed by atoms with Gasteiger partial charge in [0, 0.05) is 29.9 Å². The van der Waals surface area contributed by atoms with E-state index in [0.29, 0.717) is 11.1 Å². The van der Waals surface area contributed by atoms with Crippen LogP contribution in [0.15, 0.2) is 91.0 Å². The normalized spacial score (nSPS) is 11.5. The van der Waals surface area contributed by atoms with Crippen LogP contribution in [0.5, 0.6) is 0 Å². The topological polar surface area (TPSA) is 22.0 Å². The van der Waals surface area contributed by atoms with Crippen LogP contribution < -0.4 is 0 Å². The van der Waals surface area contributed by atoms with Gasteiger partial charge in [-0.3, -0.25) is 4.79 Å². The minimum atomic E-state index is -4.43. The van der Waals surface area contributed by atoms with E-state index < -0.39 is 11.7 Å². The molecule has 2 nitrogen and oxygen atoms in total. The van der Waals surface area contributed by atoms with E-state index >= 15 is 0 Å². The smallest absolute Gasteiger partial charge is 0.344 e. The molecule has 0 unspecified atom stereocenters. The first-order valence-electron chi connectivity index (χ1n) is 11.8. The third kappa shape index (κ3) is 6.10. The van der Waals surface area contributed by atoms with Crippen molar-refractivity contribution < 1.29 is 18.0 Å². The number of Topliss-reactive ketones (excluding diaryl/α,β-unsaturated/α-hetero) is 1. The number of alkyl halides is 3. The van der Waals surface area contributed by atoms with E-state index in [9.17, 15) is 18.0 Å². The SMILES string of the molecule is Cc1c(C(=O)Cc2cccc(C(F)(F)F)c2)cc(-c2ccccc2)n1CCCCc1ccccc1. The van der Waals surface area contributed by atoms with E-state index in [1.54, 1.807) is 6.07 Å². The summed E-state index contributed by atoms with van der Waals surface area (Å²) >= 11 is 0. The molecule has 0 saturated carbocycles. The quantitative estimate of drug-likeness (QED) is 0.178. The van der Waals surface area contributed by atoms with Crippen LogP contribution in [0.3, 0.4) is 0 Å². The van der Waals surface area contributed by atoms with Crippen LogP contribution in [0.1, 0.15) is 45.6 Å². The van der Waals surface area contributed by atoms with Crippen molar-refractivity contribution in [2.75, 3.05) is 0 Å². The molecule has 180 valence electrons. The highest BCUT2D eigenvalue weighted by molar-refractivity contribution is 6.00. The molecule has 4 aromatic rings. The van der Waals surface area contributed by atoms with Gasteiger partial charge in [0.2, 0.25) is 0 Å². The second-order valence-corrected chi connectivity index (χ2v) is 8.79. The Morgan fingerprint density at radius 2 is 1.46 bits per heavy atom. The molecule has 0 amide bonds. The Labute approximate surface area is 204 Å². The summed E-state index contributed by atoms with van der Waals surface area (Å²) in [6.45, 7) is 2.68. The zero-order valence-electron chi connectivity index (χ0n) is 19.7. The van der Waals surface area contributed by atoms with Crippen molar-refractivity contribution in [3.05, 3.63) is 119 Å². The van der Waals surface area contributed by atoms with Crippen molar-refractivity contribution >= 4 is 5.78 Å². The van der Waals surface area contributed by atoms with Crippen molar-refractivity contribution in [2.24, 2.45) is 0 Å². The van der Waals surface area contributed by atoms with Gasteiger partial charge in [-0.2, -0.15) is 13.2 Å². The number of ketones is 1. The van der Waals surface area contributed by atoms with Gasteiger partial charge in [0.1, 0.15) is 0 Å². The molecule has 4 rings (SSSR count). The maximum Gasteiger partial charge on any atom is 0.416 e. The Morgan fingerprint density at radius 1 is 0.800 bits per heavy atom. The second-order valence-electron chi connectivity index (χ2n) is 8.79. The Kier molecular flexibility index (Phi) is 7.54. The lowest BCUT2D eigenvalue weighted by Gasteiger charge is -2.12. The maximum absolute atomic E-state index is 13.2. The number of carbonyl (C=O) groups excluding carboxylic acids is 1. The molecule has 0 fully saturated rings. The number of rotatable bonds is 9. The van der Waals surface area contributed by atoms with E-state index in [-0.39, 0.29) is 12.2 Å². The molecule has 35 heavy (non-hydrogen) atoms. The van der Waals surface area contributed by atoms with Crippen molar-refractivity contribution in [3.63, 3.8) is 0 Å². The van der Waals surface area contributed by atoms with Crippen LogP contribution >= 0.6 is 0 Å². The van der Waals surface area contributed by atoms with Crippen LogP contribution in [0, 0.1) is 6.92 Å². The average Bonchev–Trinajstić information content (AvgIpc) is 3.19. The highest BCUT2D eigenvalue weighted by Crippen LogP contribution is 2.31. The summed E-state index contributed by atoms with van der Waals surface area (Å²) < 4.78 is 41.5. The van der Waals surface area contributed by atoms with Gasteiger partial charge in [0.25, 0.3) is 0 Å². The Bertz CT molecular complexity index is 1270. The predicted molar refractivity (Wildman–Crippen MR) is 133 cm³/mol. The summed E-state index contributed by atoms with van der Waals surface area (Å²) in [5, 5.41) is 0. The second kappa shape index (κ2) is 10.8. The number of aromatic nitrogens is 1. The first-order chi connectivity index (χ1) is 16.8. The van der Waals surface area contributed by atoms with Crippen LogP contribution in [0.2, 0.25) is 0 Å². The number of benzene rings is 3. The molecule has 0 radical (unpaired) electrons. The average molecular weight is 476 g/mol. The van der Waals surface area contributed by atoms with E-state index in [4.69, 9.17) is 0 Å². The van der Waals surface area contributed by atoms with Gasteiger partial charge in [-0.25, -0.2) is 0 Å². The van der Waals surface area contributed by atoms with Gasteiger partial charge in [0.15, 0.2) is 5.78 Å². The largest absolute Gasteiger partial charge is 0.416 e. The lowest BCUT2D eigenvalue weighted by molar-refractivity contribution is -0.137. The number of halogens is 3. The fourth-order valence-corrected chi connectivity index (χ4v) is 4.45. The standard InChI is InChI=1S/C30H28F3NO/c1-22-27(29(35)20-24-14-10-17-26(19-24)30(31,32)33)21-28(25-15-6-3-7-16-25)34(22)18-9-8-13-23-11-4-2-5-12-23/h2-7,10-12,14-17,19,21H,8-9,13,18,20H2,1H3. The van der Waals surface area contributed by atoms with Crippen molar-refractivity contribution in [2.45, 2.75) is 45.3 Å². The molecule has 1 aromatic heterocycles. The number of unbranched alkanes of at least 4 members (excludes halogenated alkanes) is 1. The summed E-state index contributed by atoms with van der Waals surface area (Å²) in [6, 6.07) is 27.1. The zero-order valence-corrected chi connectivity index (χ0v) is 19.7. The Balaban J connectivity index is 1.55. The molecular weight excluding hydrogens is 447 g/mol. The summed E-state index contributed by atoms with van der Waals surface area (Å²) in [7, 11) is 0. The Hall–Kier alpha value is -3.60. The summed E-state index contributed by atoms with van der Waals surface area (Å²) in [6.07, 6.45) is -1.55. The van der Waals surface area contributed by atoms with Crippen LogP contribution in [0.25, 0.3) is 11.3 Å². The molecule has 0 aliphatic rings. The van der Waals surface area contributed by atoms with E-state index in [1.807, 2.05) is 61.5 Å². The summed E-state index contributed by atoms with van der Waals surface area (Å²) in [5.74, 6) is -0.179. The first kappa shape index (κ1) is 24.5. The maximum atomic E-state index is 13.2. The lowest BCUT2D eigenvalue weighted by Crippen LogP contribution is -2.09. The van der Waals surface area contributed by atoms with Crippen LogP contribution in [0.4, 0.5) is 13.2 Å². The molecule has 0 atom stereocenters. The fourth-order valence-electron chi connectivity index (χ4n) is 4.45. The summed E-state index contributed by atoms with van der Waals surface area (Å²) in [4.78, 5) is 13.2. The van der Waals surface area contributed by atoms with E-state index in [2.05, 4.69) is 16.7 Å². The fraction of sp³-hybridized carbons (Fsp3) is 0.233. The number of hydrogen-bond acceptors (Lipinski definition) is 1. The molecule has 0 saturated heterocycles. The molecule has 0 N–H and O–H groups in total. The van der Waals surface area contributed by atoms with Gasteiger partial charge < -0.3 is 4.57 Å². The molecule has 1 heterocycles. The molecule has 0 spiro atoms. The highest BCUT2D eigenvalue weighted by Gasteiger charge is 2.30. The van der Waals surface area contributed by atoms with Crippen LogP contribution in [-0.2, 0) is 25.6 Å². The van der Waals surface area contributed by atoms with E-state index in [0.717, 1.165) is 54.9 Å². The minimum absolute atomic E-state index is 0.0724. The molecular formula is C30H28F3NO. The summed E-state index contributed by atoms with van der Waals surface area (Å²) in [5.41, 5.74) is 4.30. The first-order valence-corrected chi connectivity index (χ1v) is 11.8. The number of hydrogen-bond donors (Lipinski definition) is 0. The third-order valence-electron chi connectivity index (χ3n) is 6.30.